The predicted octanol–water partition coefficient (Wildman–Crippen LogP) is 3.98. The maximum atomic E-state index is 6.17. The summed E-state index contributed by atoms with van der Waals surface area (Å²) < 4.78 is 12.0. The van der Waals surface area contributed by atoms with Gasteiger partial charge in [-0.05, 0) is 56.7 Å². The van der Waals surface area contributed by atoms with Gasteiger partial charge >= 0.3 is 0 Å². The Morgan fingerprint density at radius 1 is 1.40 bits per heavy atom. The van der Waals surface area contributed by atoms with Crippen LogP contribution in [0.1, 0.15) is 62.8 Å². The Kier molecular flexibility index (Phi) is 4.18. The lowest BCUT2D eigenvalue weighted by atomic mass is 9.79. The second kappa shape index (κ2) is 5.90. The van der Waals surface area contributed by atoms with Gasteiger partial charge in [0.1, 0.15) is 5.76 Å². The van der Waals surface area contributed by atoms with Crippen molar-refractivity contribution in [1.29, 1.82) is 0 Å². The van der Waals surface area contributed by atoms with Gasteiger partial charge in [-0.15, -0.1) is 0 Å². The minimum Gasteiger partial charge on any atom is -0.467 e. The molecule has 2 atom stereocenters. The monoisotopic (exact) mass is 277 g/mol. The van der Waals surface area contributed by atoms with Crippen LogP contribution in [0.15, 0.2) is 16.7 Å². The van der Waals surface area contributed by atoms with Crippen molar-refractivity contribution in [3.63, 3.8) is 0 Å². The predicted molar refractivity (Wildman–Crippen MR) is 79.7 cm³/mol. The van der Waals surface area contributed by atoms with E-state index in [1.807, 2.05) is 6.26 Å². The first-order chi connectivity index (χ1) is 9.74. The molecule has 2 unspecified atom stereocenters. The van der Waals surface area contributed by atoms with Crippen LogP contribution in [-0.2, 0) is 4.74 Å². The first-order valence-electron chi connectivity index (χ1n) is 8.15. The topological polar surface area (TPSA) is 34.4 Å². The first-order valence-corrected chi connectivity index (χ1v) is 8.15. The fraction of sp³-hybridized carbons (Fsp3) is 0.765. The molecule has 2 heterocycles. The van der Waals surface area contributed by atoms with E-state index in [4.69, 9.17) is 9.15 Å². The molecule has 0 bridgehead atoms. The highest BCUT2D eigenvalue weighted by molar-refractivity contribution is 5.19. The second-order valence-corrected chi connectivity index (χ2v) is 6.49. The van der Waals surface area contributed by atoms with E-state index in [0.717, 1.165) is 25.3 Å². The molecule has 2 fully saturated rings. The van der Waals surface area contributed by atoms with Crippen LogP contribution in [0.4, 0.5) is 0 Å². The van der Waals surface area contributed by atoms with E-state index in [1.165, 1.54) is 37.7 Å². The zero-order chi connectivity index (χ0) is 14.0. The summed E-state index contributed by atoms with van der Waals surface area (Å²) in [6, 6.07) is 2.42. The minimum atomic E-state index is 0.178. The van der Waals surface area contributed by atoms with Crippen molar-refractivity contribution in [2.24, 2.45) is 5.92 Å². The summed E-state index contributed by atoms with van der Waals surface area (Å²) in [7, 11) is 0. The molecule has 0 aromatic carbocycles. The molecule has 112 valence electrons. The van der Waals surface area contributed by atoms with E-state index in [9.17, 15) is 0 Å². The number of hydrogen-bond donors (Lipinski definition) is 1. The Labute approximate surface area is 122 Å². The van der Waals surface area contributed by atoms with Crippen LogP contribution in [0.3, 0.4) is 0 Å². The summed E-state index contributed by atoms with van der Waals surface area (Å²) in [4.78, 5) is 0. The summed E-state index contributed by atoms with van der Waals surface area (Å²) >= 11 is 0. The van der Waals surface area contributed by atoms with E-state index in [0.29, 0.717) is 12.0 Å². The summed E-state index contributed by atoms with van der Waals surface area (Å²) in [5.41, 5.74) is 1.44. The van der Waals surface area contributed by atoms with Gasteiger partial charge in [-0.1, -0.05) is 19.8 Å². The van der Waals surface area contributed by atoms with Crippen molar-refractivity contribution in [3.05, 3.63) is 23.7 Å². The van der Waals surface area contributed by atoms with Crippen molar-refractivity contribution >= 4 is 0 Å². The minimum absolute atomic E-state index is 0.178. The van der Waals surface area contributed by atoms with Crippen LogP contribution in [0, 0.1) is 12.8 Å². The second-order valence-electron chi connectivity index (χ2n) is 6.49. The van der Waals surface area contributed by atoms with Gasteiger partial charge in [0.2, 0.25) is 0 Å². The quantitative estimate of drug-likeness (QED) is 0.904. The third kappa shape index (κ3) is 2.66. The van der Waals surface area contributed by atoms with Crippen LogP contribution in [0.2, 0.25) is 0 Å². The summed E-state index contributed by atoms with van der Waals surface area (Å²) in [5, 5.41) is 3.65. The van der Waals surface area contributed by atoms with Crippen molar-refractivity contribution in [1.82, 2.24) is 5.32 Å². The van der Waals surface area contributed by atoms with Crippen molar-refractivity contribution in [2.45, 2.75) is 64.0 Å². The normalized spacial score (nSPS) is 27.0. The smallest absolute Gasteiger partial charge is 0.123 e. The summed E-state index contributed by atoms with van der Waals surface area (Å²) in [6.45, 7) is 6.21. The Morgan fingerprint density at radius 2 is 2.20 bits per heavy atom. The molecule has 3 rings (SSSR count). The fourth-order valence-electron chi connectivity index (χ4n) is 4.11. The maximum absolute atomic E-state index is 6.17. The van der Waals surface area contributed by atoms with E-state index < -0.39 is 0 Å². The highest BCUT2D eigenvalue weighted by Gasteiger charge is 2.42. The lowest BCUT2D eigenvalue weighted by molar-refractivity contribution is -0.0991. The van der Waals surface area contributed by atoms with Crippen molar-refractivity contribution < 1.29 is 9.15 Å². The van der Waals surface area contributed by atoms with Gasteiger partial charge in [-0.25, -0.2) is 0 Å². The van der Waals surface area contributed by atoms with E-state index in [1.54, 1.807) is 0 Å². The maximum Gasteiger partial charge on any atom is 0.123 e. The average Bonchev–Trinajstić information content (AvgIpc) is 3.06. The van der Waals surface area contributed by atoms with Crippen molar-refractivity contribution in [2.75, 3.05) is 13.2 Å². The molecule has 3 heteroatoms. The molecule has 1 aromatic heterocycles. The molecule has 1 saturated heterocycles. The van der Waals surface area contributed by atoms with E-state index in [2.05, 4.69) is 25.2 Å². The lowest BCUT2D eigenvalue weighted by Crippen LogP contribution is -2.42. The third-order valence-corrected chi connectivity index (χ3v) is 5.13. The fourth-order valence-corrected chi connectivity index (χ4v) is 4.11. The van der Waals surface area contributed by atoms with Gasteiger partial charge in [0.25, 0.3) is 0 Å². The van der Waals surface area contributed by atoms with Gasteiger partial charge in [0.15, 0.2) is 0 Å². The van der Waals surface area contributed by atoms with Gasteiger partial charge in [0, 0.05) is 6.61 Å². The van der Waals surface area contributed by atoms with Crippen LogP contribution in [0.5, 0.6) is 0 Å². The van der Waals surface area contributed by atoms with Gasteiger partial charge in [-0.2, -0.15) is 0 Å². The molecule has 1 aromatic rings. The number of furan rings is 1. The SMILES string of the molecule is CCNC(c1occc1C)C1CCOC2(CCCC2)C1. The largest absolute Gasteiger partial charge is 0.467 e. The number of rotatable bonds is 4. The van der Waals surface area contributed by atoms with Crippen molar-refractivity contribution in [3.8, 4) is 0 Å². The Bertz CT molecular complexity index is 434. The zero-order valence-electron chi connectivity index (χ0n) is 12.8. The highest BCUT2D eigenvalue weighted by Crippen LogP contribution is 2.45. The Balaban J connectivity index is 1.79. The molecule has 20 heavy (non-hydrogen) atoms. The number of aryl methyl sites for hydroxylation is 1. The first kappa shape index (κ1) is 14.2. The molecule has 1 spiro atoms. The van der Waals surface area contributed by atoms with Crippen LogP contribution < -0.4 is 5.32 Å². The molecule has 1 saturated carbocycles. The number of nitrogens with one attached hydrogen (secondary N) is 1. The third-order valence-electron chi connectivity index (χ3n) is 5.13. The molecular formula is C17H27NO2. The number of ether oxygens (including phenoxy) is 1. The summed E-state index contributed by atoms with van der Waals surface area (Å²) in [6.07, 6.45) is 9.31. The molecule has 0 amide bonds. The standard InChI is InChI=1S/C17H27NO2/c1-3-18-15(16-13(2)6-10-19-16)14-7-11-20-17(12-14)8-4-5-9-17/h6,10,14-15,18H,3-5,7-9,11-12H2,1-2H3. The van der Waals surface area contributed by atoms with Crippen LogP contribution >= 0.6 is 0 Å². The van der Waals surface area contributed by atoms with Gasteiger partial charge in [-0.3, -0.25) is 0 Å². The molecule has 1 aliphatic heterocycles. The molecule has 1 aliphatic carbocycles. The van der Waals surface area contributed by atoms with Crippen LogP contribution in [-0.4, -0.2) is 18.8 Å². The molecule has 3 nitrogen and oxygen atoms in total. The molecule has 2 aliphatic rings. The van der Waals surface area contributed by atoms with Gasteiger partial charge in [0.05, 0.1) is 17.9 Å². The zero-order valence-corrected chi connectivity index (χ0v) is 12.8. The molecule has 0 radical (unpaired) electrons. The average molecular weight is 277 g/mol. The highest BCUT2D eigenvalue weighted by atomic mass is 16.5. The molecular weight excluding hydrogens is 250 g/mol. The van der Waals surface area contributed by atoms with Gasteiger partial charge < -0.3 is 14.5 Å². The van der Waals surface area contributed by atoms with E-state index in [-0.39, 0.29) is 5.60 Å². The lowest BCUT2D eigenvalue weighted by Gasteiger charge is -2.41. The van der Waals surface area contributed by atoms with E-state index >= 15 is 0 Å². The Hall–Kier alpha value is -0.800. The Morgan fingerprint density at radius 3 is 2.85 bits per heavy atom. The molecule has 1 N–H and O–H groups in total. The van der Waals surface area contributed by atoms with Crippen LogP contribution in [0.25, 0.3) is 0 Å². The number of hydrogen-bond acceptors (Lipinski definition) is 3. The summed E-state index contributed by atoms with van der Waals surface area (Å²) in [5.74, 6) is 1.76.